The van der Waals surface area contributed by atoms with Crippen LogP contribution in [0.5, 0.6) is 0 Å². The van der Waals surface area contributed by atoms with E-state index >= 15 is 0 Å². The Morgan fingerprint density at radius 3 is 2.42 bits per heavy atom. The first-order chi connectivity index (χ1) is 11.6. The van der Waals surface area contributed by atoms with Crippen molar-refractivity contribution in [1.29, 1.82) is 0 Å². The SMILES string of the molecule is CCN1CC[C@@]2(C(=O)N3CCCC3)CCN(C(=O)COC)CC[C@@H]12. The minimum atomic E-state index is -0.289. The summed E-state index contributed by atoms with van der Waals surface area (Å²) in [6.07, 6.45) is 4.87. The molecule has 0 aromatic rings. The zero-order valence-electron chi connectivity index (χ0n) is 15.1. The van der Waals surface area contributed by atoms with Crippen molar-refractivity contribution in [3.63, 3.8) is 0 Å². The van der Waals surface area contributed by atoms with Gasteiger partial charge in [-0.1, -0.05) is 6.92 Å². The highest BCUT2D eigenvalue weighted by molar-refractivity contribution is 5.85. The molecule has 0 aliphatic carbocycles. The lowest BCUT2D eigenvalue weighted by Crippen LogP contribution is -2.50. The van der Waals surface area contributed by atoms with E-state index in [2.05, 4.69) is 16.7 Å². The molecule has 3 aliphatic heterocycles. The second-order valence-corrected chi connectivity index (χ2v) is 7.40. The topological polar surface area (TPSA) is 53.1 Å². The number of fused-ring (bicyclic) bond motifs is 1. The fourth-order valence-corrected chi connectivity index (χ4v) is 4.92. The molecule has 2 atom stereocenters. The van der Waals surface area contributed by atoms with Gasteiger partial charge >= 0.3 is 0 Å². The summed E-state index contributed by atoms with van der Waals surface area (Å²) in [7, 11) is 1.56. The van der Waals surface area contributed by atoms with Crippen LogP contribution in [0.4, 0.5) is 0 Å². The van der Waals surface area contributed by atoms with E-state index in [4.69, 9.17) is 4.74 Å². The second kappa shape index (κ2) is 7.40. The van der Waals surface area contributed by atoms with Gasteiger partial charge in [0.05, 0.1) is 5.41 Å². The van der Waals surface area contributed by atoms with Crippen LogP contribution in [0.15, 0.2) is 0 Å². The van der Waals surface area contributed by atoms with Crippen molar-refractivity contribution in [2.45, 2.75) is 45.1 Å². The molecule has 3 rings (SSSR count). The summed E-state index contributed by atoms with van der Waals surface area (Å²) in [6.45, 7) is 7.52. The highest BCUT2D eigenvalue weighted by atomic mass is 16.5. The number of nitrogens with zero attached hydrogens (tertiary/aromatic N) is 3. The Morgan fingerprint density at radius 1 is 1.04 bits per heavy atom. The number of carbonyl (C=O) groups is 2. The van der Waals surface area contributed by atoms with Gasteiger partial charge in [-0.15, -0.1) is 0 Å². The maximum Gasteiger partial charge on any atom is 0.248 e. The Kier molecular flexibility index (Phi) is 5.45. The van der Waals surface area contributed by atoms with Crippen LogP contribution in [0.3, 0.4) is 0 Å². The predicted molar refractivity (Wildman–Crippen MR) is 91.6 cm³/mol. The Bertz CT molecular complexity index is 478. The number of hydrogen-bond donors (Lipinski definition) is 0. The summed E-state index contributed by atoms with van der Waals surface area (Å²) < 4.78 is 5.01. The third-order valence-electron chi connectivity index (χ3n) is 6.27. The summed E-state index contributed by atoms with van der Waals surface area (Å²) >= 11 is 0. The number of hydrogen-bond acceptors (Lipinski definition) is 4. The van der Waals surface area contributed by atoms with E-state index in [9.17, 15) is 9.59 Å². The molecule has 2 amide bonds. The van der Waals surface area contributed by atoms with E-state index < -0.39 is 0 Å². The summed E-state index contributed by atoms with van der Waals surface area (Å²) in [6, 6.07) is 0.274. The minimum Gasteiger partial charge on any atom is -0.375 e. The molecule has 0 aromatic carbocycles. The summed E-state index contributed by atoms with van der Waals surface area (Å²) in [5, 5.41) is 0. The smallest absolute Gasteiger partial charge is 0.248 e. The number of carbonyl (C=O) groups excluding carboxylic acids is 2. The van der Waals surface area contributed by atoms with Gasteiger partial charge in [0.1, 0.15) is 6.61 Å². The van der Waals surface area contributed by atoms with Gasteiger partial charge in [-0.05, 0) is 45.2 Å². The first kappa shape index (κ1) is 17.7. The van der Waals surface area contributed by atoms with Crippen LogP contribution in [0.1, 0.15) is 39.0 Å². The average Bonchev–Trinajstić information content (AvgIpc) is 3.19. The Balaban J connectivity index is 1.81. The number of likely N-dealkylation sites (tertiary alicyclic amines) is 3. The lowest BCUT2D eigenvalue weighted by atomic mass is 9.75. The zero-order valence-corrected chi connectivity index (χ0v) is 15.1. The first-order valence-electron chi connectivity index (χ1n) is 9.42. The van der Waals surface area contributed by atoms with E-state index in [1.807, 2.05) is 4.90 Å². The molecule has 136 valence electrons. The summed E-state index contributed by atoms with van der Waals surface area (Å²) in [5.41, 5.74) is -0.289. The third-order valence-corrected chi connectivity index (χ3v) is 6.27. The molecule has 6 heteroatoms. The van der Waals surface area contributed by atoms with Gasteiger partial charge in [0.2, 0.25) is 11.8 Å². The number of methoxy groups -OCH3 is 1. The van der Waals surface area contributed by atoms with Crippen molar-refractivity contribution in [1.82, 2.24) is 14.7 Å². The van der Waals surface area contributed by atoms with Crippen molar-refractivity contribution in [3.8, 4) is 0 Å². The minimum absolute atomic E-state index is 0.0456. The first-order valence-corrected chi connectivity index (χ1v) is 9.42. The molecule has 24 heavy (non-hydrogen) atoms. The van der Waals surface area contributed by atoms with Crippen molar-refractivity contribution in [3.05, 3.63) is 0 Å². The second-order valence-electron chi connectivity index (χ2n) is 7.40. The third kappa shape index (κ3) is 3.06. The molecule has 0 unspecified atom stereocenters. The van der Waals surface area contributed by atoms with Crippen LogP contribution < -0.4 is 0 Å². The van der Waals surface area contributed by atoms with Crippen LogP contribution in [0.2, 0.25) is 0 Å². The summed E-state index contributed by atoms with van der Waals surface area (Å²) in [5.74, 6) is 0.395. The van der Waals surface area contributed by atoms with Gasteiger partial charge in [0.15, 0.2) is 0 Å². The van der Waals surface area contributed by atoms with E-state index in [-0.39, 0.29) is 24.0 Å². The molecule has 0 spiro atoms. The summed E-state index contributed by atoms with van der Waals surface area (Å²) in [4.78, 5) is 32.1. The van der Waals surface area contributed by atoms with Crippen LogP contribution >= 0.6 is 0 Å². The van der Waals surface area contributed by atoms with Crippen molar-refractivity contribution in [2.24, 2.45) is 5.41 Å². The highest BCUT2D eigenvalue weighted by Crippen LogP contribution is 2.45. The molecule has 0 saturated carbocycles. The predicted octanol–water partition coefficient (Wildman–Crippen LogP) is 0.958. The fourth-order valence-electron chi connectivity index (χ4n) is 4.92. The monoisotopic (exact) mass is 337 g/mol. The highest BCUT2D eigenvalue weighted by Gasteiger charge is 2.54. The molecule has 3 heterocycles. The van der Waals surface area contributed by atoms with Gasteiger partial charge in [0.25, 0.3) is 0 Å². The fraction of sp³-hybridized carbons (Fsp3) is 0.889. The standard InChI is InChI=1S/C18H31N3O3/c1-3-19-12-7-18(17(23)21-9-4-5-10-21)8-13-20(11-6-15(18)19)16(22)14-24-2/h15H,3-14H2,1-2H3/t15-,18-/m1/s1. The van der Waals surface area contributed by atoms with Gasteiger partial charge in [-0.2, -0.15) is 0 Å². The van der Waals surface area contributed by atoms with Gasteiger partial charge < -0.3 is 14.5 Å². The molecular weight excluding hydrogens is 306 g/mol. The number of amides is 2. The van der Waals surface area contributed by atoms with Crippen LogP contribution in [-0.4, -0.2) is 85.5 Å². The zero-order chi connectivity index (χ0) is 17.2. The molecule has 6 nitrogen and oxygen atoms in total. The number of rotatable bonds is 4. The molecule has 3 fully saturated rings. The maximum atomic E-state index is 13.4. The molecular formula is C18H31N3O3. The number of ether oxygens (including phenoxy) is 1. The van der Waals surface area contributed by atoms with Gasteiger partial charge in [-0.3, -0.25) is 14.5 Å². The normalized spacial score (nSPS) is 31.2. The van der Waals surface area contributed by atoms with E-state index in [0.29, 0.717) is 12.5 Å². The molecule has 3 aliphatic rings. The lowest BCUT2D eigenvalue weighted by molar-refractivity contribution is -0.143. The van der Waals surface area contributed by atoms with Crippen molar-refractivity contribution in [2.75, 3.05) is 53.0 Å². The lowest BCUT2D eigenvalue weighted by Gasteiger charge is -2.38. The molecule has 0 radical (unpaired) electrons. The Hall–Kier alpha value is -1.14. The van der Waals surface area contributed by atoms with Crippen LogP contribution in [-0.2, 0) is 14.3 Å². The molecule has 0 N–H and O–H groups in total. The maximum absolute atomic E-state index is 13.4. The van der Waals surface area contributed by atoms with Crippen molar-refractivity contribution >= 4 is 11.8 Å². The Morgan fingerprint density at radius 2 is 1.75 bits per heavy atom. The largest absolute Gasteiger partial charge is 0.375 e. The average molecular weight is 337 g/mol. The quantitative estimate of drug-likeness (QED) is 0.767. The molecule has 3 saturated heterocycles. The van der Waals surface area contributed by atoms with E-state index in [1.54, 1.807) is 7.11 Å². The van der Waals surface area contributed by atoms with Crippen LogP contribution in [0, 0.1) is 5.41 Å². The van der Waals surface area contributed by atoms with Crippen molar-refractivity contribution < 1.29 is 14.3 Å². The van der Waals surface area contributed by atoms with E-state index in [1.165, 1.54) is 0 Å². The molecule has 0 aromatic heterocycles. The molecule has 0 bridgehead atoms. The van der Waals surface area contributed by atoms with Gasteiger partial charge in [-0.25, -0.2) is 0 Å². The van der Waals surface area contributed by atoms with Crippen LogP contribution in [0.25, 0.3) is 0 Å². The van der Waals surface area contributed by atoms with E-state index in [0.717, 1.165) is 64.8 Å². The van der Waals surface area contributed by atoms with Gasteiger partial charge in [0, 0.05) is 39.3 Å². The Labute approximate surface area is 145 Å².